The van der Waals surface area contributed by atoms with Crippen LogP contribution in [-0.4, -0.2) is 29.3 Å². The van der Waals surface area contributed by atoms with Gasteiger partial charge in [-0.15, -0.1) is 11.3 Å². The molecule has 3 aromatic rings. The van der Waals surface area contributed by atoms with Crippen LogP contribution >= 0.6 is 11.3 Å². The van der Waals surface area contributed by atoms with E-state index in [1.54, 1.807) is 18.3 Å². The largest absolute Gasteiger partial charge is 0.479 e. The summed E-state index contributed by atoms with van der Waals surface area (Å²) in [6.07, 6.45) is 1.25. The van der Waals surface area contributed by atoms with Gasteiger partial charge in [0.2, 0.25) is 0 Å². The first-order valence-corrected chi connectivity index (χ1v) is 10.7. The molecule has 1 amide bonds. The molecule has 2 heterocycles. The molecule has 1 aromatic heterocycles. The smallest absolute Gasteiger partial charge is 0.268 e. The number of carbonyl (C=O) groups excluding carboxylic acids is 2. The van der Waals surface area contributed by atoms with Gasteiger partial charge in [-0.1, -0.05) is 6.92 Å². The van der Waals surface area contributed by atoms with Crippen molar-refractivity contribution in [2.45, 2.75) is 32.8 Å². The Balaban J connectivity index is 1.66. The van der Waals surface area contributed by atoms with Crippen molar-refractivity contribution in [3.63, 3.8) is 0 Å². The highest BCUT2D eigenvalue weighted by atomic mass is 32.1. The maximum atomic E-state index is 13.2. The highest BCUT2D eigenvalue weighted by Crippen LogP contribution is 2.38. The number of hydrogen-bond acceptors (Lipinski definition) is 5. The van der Waals surface area contributed by atoms with Crippen molar-refractivity contribution in [1.29, 1.82) is 0 Å². The molecule has 30 heavy (non-hydrogen) atoms. The molecule has 0 spiro atoms. The van der Waals surface area contributed by atoms with Crippen molar-refractivity contribution in [3.05, 3.63) is 64.2 Å². The quantitative estimate of drug-likeness (QED) is 0.528. The highest BCUT2D eigenvalue weighted by molar-refractivity contribution is 7.09. The molecule has 1 aliphatic heterocycles. The fourth-order valence-corrected chi connectivity index (χ4v) is 4.28. The van der Waals surface area contributed by atoms with Gasteiger partial charge in [-0.3, -0.25) is 14.5 Å². The van der Waals surface area contributed by atoms with Crippen molar-refractivity contribution in [2.75, 3.05) is 11.4 Å². The summed E-state index contributed by atoms with van der Waals surface area (Å²) in [5.41, 5.74) is 2.58. The highest BCUT2D eigenvalue weighted by Gasteiger charge is 2.33. The Kier molecular flexibility index (Phi) is 5.63. The van der Waals surface area contributed by atoms with E-state index in [1.165, 1.54) is 29.2 Å². The summed E-state index contributed by atoms with van der Waals surface area (Å²) in [4.78, 5) is 31.7. The van der Waals surface area contributed by atoms with Gasteiger partial charge in [-0.2, -0.15) is 0 Å². The summed E-state index contributed by atoms with van der Waals surface area (Å²) in [6, 6.07) is 10.9. The van der Waals surface area contributed by atoms with Gasteiger partial charge in [-0.25, -0.2) is 9.37 Å². The minimum atomic E-state index is -0.695. The predicted molar refractivity (Wildman–Crippen MR) is 115 cm³/mol. The lowest BCUT2D eigenvalue weighted by Gasteiger charge is -2.33. The van der Waals surface area contributed by atoms with Crippen LogP contribution in [0.15, 0.2) is 47.8 Å². The number of fused-ring (bicyclic) bond motifs is 1. The lowest BCUT2D eigenvalue weighted by molar-refractivity contribution is -0.125. The number of halogens is 1. The number of rotatable bonds is 6. The average molecular weight is 424 g/mol. The molecule has 0 fully saturated rings. The lowest BCUT2D eigenvalue weighted by atomic mass is 10.1. The molecule has 1 atom stereocenters. The molecule has 4 rings (SSSR count). The zero-order valence-electron chi connectivity index (χ0n) is 16.7. The first-order valence-electron chi connectivity index (χ1n) is 9.82. The topological polar surface area (TPSA) is 59.5 Å². The van der Waals surface area contributed by atoms with Crippen molar-refractivity contribution in [1.82, 2.24) is 4.98 Å². The van der Waals surface area contributed by atoms with E-state index in [9.17, 15) is 14.0 Å². The number of Topliss-reactive ketones (excluding diaryl/α,β-unsaturated/α-hetero) is 1. The number of amides is 1. The molecular weight excluding hydrogens is 403 g/mol. The molecule has 0 saturated heterocycles. The normalized spacial score (nSPS) is 15.6. The number of anilines is 1. The first-order chi connectivity index (χ1) is 14.5. The molecule has 0 bridgehead atoms. The van der Waals surface area contributed by atoms with Crippen LogP contribution < -0.4 is 9.64 Å². The minimum Gasteiger partial charge on any atom is -0.479 e. The third-order valence-corrected chi connectivity index (χ3v) is 5.86. The van der Waals surface area contributed by atoms with Gasteiger partial charge < -0.3 is 4.74 Å². The molecule has 7 heteroatoms. The summed E-state index contributed by atoms with van der Waals surface area (Å²) in [7, 11) is 0. The van der Waals surface area contributed by atoms with Crippen LogP contribution in [0.3, 0.4) is 0 Å². The van der Waals surface area contributed by atoms with Crippen LogP contribution in [0.4, 0.5) is 10.1 Å². The Morgan fingerprint density at radius 2 is 2.00 bits per heavy atom. The maximum Gasteiger partial charge on any atom is 0.268 e. The van der Waals surface area contributed by atoms with Crippen molar-refractivity contribution in [3.8, 4) is 17.0 Å². The molecular formula is C23H21FN2O3S. The van der Waals surface area contributed by atoms with Gasteiger partial charge in [-0.05, 0) is 62.2 Å². The van der Waals surface area contributed by atoms with Crippen LogP contribution in [0.2, 0.25) is 0 Å². The molecule has 0 radical (unpaired) electrons. The molecule has 2 aromatic carbocycles. The van der Waals surface area contributed by atoms with Crippen LogP contribution in [0.5, 0.6) is 5.75 Å². The minimum absolute atomic E-state index is 0.146. The lowest BCUT2D eigenvalue weighted by Crippen LogP contribution is -2.46. The first kappa shape index (κ1) is 20.2. The summed E-state index contributed by atoms with van der Waals surface area (Å²) >= 11 is 1.61. The standard InChI is InChI=1S/C23H21FN2O3S/c1-3-4-22-25-18(13-30-22)16-7-10-21-19(11-16)26(23(28)14(2)29-21)12-20(27)15-5-8-17(24)9-6-15/h5-11,13-14H,3-4,12H2,1-2H3. The Morgan fingerprint density at radius 1 is 1.23 bits per heavy atom. The number of carbonyl (C=O) groups is 2. The summed E-state index contributed by atoms with van der Waals surface area (Å²) in [5, 5.41) is 3.06. The third kappa shape index (κ3) is 3.98. The maximum absolute atomic E-state index is 13.2. The Hall–Kier alpha value is -3.06. The van der Waals surface area contributed by atoms with Crippen LogP contribution in [0.25, 0.3) is 11.3 Å². The molecule has 1 aliphatic rings. The number of ether oxygens (including phenoxy) is 1. The second-order valence-corrected chi connectivity index (χ2v) is 8.12. The van der Waals surface area contributed by atoms with E-state index in [0.29, 0.717) is 17.0 Å². The van der Waals surface area contributed by atoms with E-state index in [1.807, 2.05) is 23.6 Å². The summed E-state index contributed by atoms with van der Waals surface area (Å²) < 4.78 is 18.9. The zero-order valence-corrected chi connectivity index (χ0v) is 17.5. The average Bonchev–Trinajstić information content (AvgIpc) is 3.20. The third-order valence-electron chi connectivity index (χ3n) is 4.95. The zero-order chi connectivity index (χ0) is 21.3. The van der Waals surface area contributed by atoms with Gasteiger partial charge >= 0.3 is 0 Å². The van der Waals surface area contributed by atoms with Gasteiger partial charge in [0.15, 0.2) is 11.9 Å². The van der Waals surface area contributed by atoms with Crippen molar-refractivity contribution in [2.24, 2.45) is 0 Å². The number of aryl methyl sites for hydroxylation is 1. The Labute approximate surface area is 178 Å². The van der Waals surface area contributed by atoms with Gasteiger partial charge in [0.05, 0.1) is 22.9 Å². The van der Waals surface area contributed by atoms with E-state index in [-0.39, 0.29) is 18.2 Å². The molecule has 154 valence electrons. The van der Waals surface area contributed by atoms with Crippen LogP contribution in [0.1, 0.15) is 35.6 Å². The molecule has 0 N–H and O–H groups in total. The van der Waals surface area contributed by atoms with Crippen LogP contribution in [0, 0.1) is 5.82 Å². The number of benzene rings is 2. The predicted octanol–water partition coefficient (Wildman–Crippen LogP) is 4.90. The van der Waals surface area contributed by atoms with Gasteiger partial charge in [0.25, 0.3) is 5.91 Å². The second kappa shape index (κ2) is 8.36. The number of hydrogen-bond donors (Lipinski definition) is 0. The van der Waals surface area contributed by atoms with E-state index in [4.69, 9.17) is 4.74 Å². The fourth-order valence-electron chi connectivity index (χ4n) is 3.37. The monoisotopic (exact) mass is 424 g/mol. The Morgan fingerprint density at radius 3 is 2.73 bits per heavy atom. The van der Waals surface area contributed by atoms with Gasteiger partial charge in [0, 0.05) is 16.5 Å². The molecule has 0 saturated carbocycles. The summed E-state index contributed by atoms with van der Waals surface area (Å²) in [5.74, 6) is -0.433. The van der Waals surface area contributed by atoms with E-state index in [0.717, 1.165) is 29.1 Å². The second-order valence-electron chi connectivity index (χ2n) is 7.17. The number of aromatic nitrogens is 1. The van der Waals surface area contributed by atoms with Crippen LogP contribution in [-0.2, 0) is 11.2 Å². The molecule has 1 unspecified atom stereocenters. The van der Waals surface area contributed by atoms with E-state index >= 15 is 0 Å². The van der Waals surface area contributed by atoms with Crippen molar-refractivity contribution >= 4 is 28.7 Å². The fraction of sp³-hybridized carbons (Fsp3) is 0.261. The number of thiazole rings is 1. The van der Waals surface area contributed by atoms with E-state index < -0.39 is 11.9 Å². The van der Waals surface area contributed by atoms with Gasteiger partial charge in [0.1, 0.15) is 11.6 Å². The number of nitrogens with zero attached hydrogens (tertiary/aromatic N) is 2. The van der Waals surface area contributed by atoms with Crippen molar-refractivity contribution < 1.29 is 18.7 Å². The molecule has 5 nitrogen and oxygen atoms in total. The van der Waals surface area contributed by atoms with E-state index in [2.05, 4.69) is 11.9 Å². The molecule has 0 aliphatic carbocycles. The number of ketones is 1. The SMILES string of the molecule is CCCc1nc(-c2ccc3c(c2)N(CC(=O)c2ccc(F)cc2)C(=O)C(C)O3)cs1. The Bertz CT molecular complexity index is 1090. The summed E-state index contributed by atoms with van der Waals surface area (Å²) in [6.45, 7) is 3.62.